The summed E-state index contributed by atoms with van der Waals surface area (Å²) in [4.78, 5) is 28.3. The summed E-state index contributed by atoms with van der Waals surface area (Å²) in [6.45, 7) is 0.429. The lowest BCUT2D eigenvalue weighted by Gasteiger charge is -2.31. The number of hydrogen-bond donors (Lipinski definition) is 1. The zero-order valence-electron chi connectivity index (χ0n) is 15.1. The summed E-state index contributed by atoms with van der Waals surface area (Å²) in [6, 6.07) is 7.05. The van der Waals surface area contributed by atoms with E-state index in [0.717, 1.165) is 18.2 Å². The zero-order chi connectivity index (χ0) is 18.5. The van der Waals surface area contributed by atoms with E-state index in [1.807, 2.05) is 11.9 Å². The van der Waals surface area contributed by atoms with Crippen LogP contribution in [0, 0.1) is 0 Å². The number of carbonyl (C=O) groups excluding carboxylic acids is 1. The highest BCUT2D eigenvalue weighted by Crippen LogP contribution is 2.31. The standard InChI is InChI=1S/C20H25ClN2O3/c1-23(14-6-3-2-4-7-14)19(25)8-5-13-26-17-11-10-16-15(20(17)21)9-12-18(24)22-16/h9-12,14H,2-8,13H2,1H3,(H,22,24). The number of hydrogen-bond acceptors (Lipinski definition) is 3. The molecule has 1 heterocycles. The minimum absolute atomic E-state index is 0.164. The van der Waals surface area contributed by atoms with E-state index in [0.29, 0.717) is 41.8 Å². The summed E-state index contributed by atoms with van der Waals surface area (Å²) in [5, 5.41) is 1.22. The first kappa shape index (κ1) is 18.8. The number of pyridine rings is 1. The van der Waals surface area contributed by atoms with Crippen molar-refractivity contribution in [2.45, 2.75) is 51.0 Å². The van der Waals surface area contributed by atoms with Crippen molar-refractivity contribution in [3.8, 4) is 5.75 Å². The second-order valence-electron chi connectivity index (χ2n) is 6.91. The molecule has 1 fully saturated rings. The molecule has 0 radical (unpaired) electrons. The molecule has 0 spiro atoms. The maximum Gasteiger partial charge on any atom is 0.248 e. The van der Waals surface area contributed by atoms with Gasteiger partial charge >= 0.3 is 0 Å². The quantitative estimate of drug-likeness (QED) is 0.771. The van der Waals surface area contributed by atoms with Gasteiger partial charge in [-0.15, -0.1) is 0 Å². The van der Waals surface area contributed by atoms with Gasteiger partial charge in [0.05, 0.1) is 17.1 Å². The van der Waals surface area contributed by atoms with Gasteiger partial charge in [0.2, 0.25) is 11.5 Å². The van der Waals surface area contributed by atoms with Gasteiger partial charge in [0, 0.05) is 31.0 Å². The van der Waals surface area contributed by atoms with E-state index < -0.39 is 0 Å². The monoisotopic (exact) mass is 376 g/mol. The van der Waals surface area contributed by atoms with Crippen LogP contribution in [0.4, 0.5) is 0 Å². The summed E-state index contributed by atoms with van der Waals surface area (Å²) in [6.07, 6.45) is 7.09. The highest BCUT2D eigenvalue weighted by molar-refractivity contribution is 6.36. The van der Waals surface area contributed by atoms with Crippen molar-refractivity contribution < 1.29 is 9.53 Å². The number of amides is 1. The van der Waals surface area contributed by atoms with Gasteiger partial charge in [-0.05, 0) is 37.5 Å². The third kappa shape index (κ3) is 4.39. The summed E-state index contributed by atoms with van der Waals surface area (Å²) in [5.74, 6) is 0.752. The number of aromatic amines is 1. The maximum absolute atomic E-state index is 12.3. The summed E-state index contributed by atoms with van der Waals surface area (Å²) in [5.41, 5.74) is 0.516. The van der Waals surface area contributed by atoms with Crippen LogP contribution in [-0.2, 0) is 4.79 Å². The molecule has 1 amide bonds. The third-order valence-electron chi connectivity index (χ3n) is 5.11. The van der Waals surface area contributed by atoms with Gasteiger partial charge in [-0.25, -0.2) is 0 Å². The normalized spacial score (nSPS) is 15.2. The topological polar surface area (TPSA) is 62.4 Å². The van der Waals surface area contributed by atoms with Crippen molar-refractivity contribution in [1.29, 1.82) is 0 Å². The Labute approximate surface area is 158 Å². The first-order chi connectivity index (χ1) is 12.6. The third-order valence-corrected chi connectivity index (χ3v) is 5.50. The van der Waals surface area contributed by atoms with E-state index >= 15 is 0 Å². The van der Waals surface area contributed by atoms with Crippen LogP contribution in [0.25, 0.3) is 10.9 Å². The van der Waals surface area contributed by atoms with E-state index in [4.69, 9.17) is 16.3 Å². The maximum atomic E-state index is 12.3. The van der Waals surface area contributed by atoms with E-state index in [2.05, 4.69) is 4.98 Å². The van der Waals surface area contributed by atoms with Gasteiger partial charge in [-0.3, -0.25) is 9.59 Å². The fraction of sp³-hybridized carbons (Fsp3) is 0.500. The Hall–Kier alpha value is -2.01. The smallest absolute Gasteiger partial charge is 0.248 e. The van der Waals surface area contributed by atoms with Crippen LogP contribution in [0.15, 0.2) is 29.1 Å². The Morgan fingerprint density at radius 1 is 1.23 bits per heavy atom. The van der Waals surface area contributed by atoms with Gasteiger partial charge in [-0.2, -0.15) is 0 Å². The van der Waals surface area contributed by atoms with Crippen LogP contribution in [0.3, 0.4) is 0 Å². The van der Waals surface area contributed by atoms with Gasteiger partial charge in [0.15, 0.2) is 0 Å². The fourth-order valence-corrected chi connectivity index (χ4v) is 3.83. The molecule has 0 unspecified atom stereocenters. The van der Waals surface area contributed by atoms with E-state index in [9.17, 15) is 9.59 Å². The molecule has 1 saturated carbocycles. The second-order valence-corrected chi connectivity index (χ2v) is 7.29. The Kier molecular flexibility index (Phi) is 6.20. The largest absolute Gasteiger partial charge is 0.492 e. The van der Waals surface area contributed by atoms with Gasteiger partial charge in [0.25, 0.3) is 0 Å². The number of nitrogens with zero attached hydrogens (tertiary/aromatic N) is 1. The molecule has 5 nitrogen and oxygen atoms in total. The molecule has 2 aromatic rings. The molecule has 0 atom stereocenters. The minimum atomic E-state index is -0.164. The number of ether oxygens (including phenoxy) is 1. The molecular weight excluding hydrogens is 352 g/mol. The molecule has 0 aliphatic heterocycles. The highest BCUT2D eigenvalue weighted by Gasteiger charge is 2.21. The minimum Gasteiger partial charge on any atom is -0.492 e. The predicted molar refractivity (Wildman–Crippen MR) is 104 cm³/mol. The molecule has 140 valence electrons. The molecule has 6 heteroatoms. The number of rotatable bonds is 6. The number of aromatic nitrogens is 1. The number of H-pyrrole nitrogens is 1. The molecule has 1 aliphatic carbocycles. The zero-order valence-corrected chi connectivity index (χ0v) is 15.8. The van der Waals surface area contributed by atoms with E-state index in [1.165, 1.54) is 25.3 Å². The average molecular weight is 377 g/mol. The van der Waals surface area contributed by atoms with Gasteiger partial charge in [0.1, 0.15) is 5.75 Å². The lowest BCUT2D eigenvalue weighted by Crippen LogP contribution is -2.38. The summed E-state index contributed by atoms with van der Waals surface area (Å²) < 4.78 is 5.76. The lowest BCUT2D eigenvalue weighted by atomic mass is 9.94. The number of fused-ring (bicyclic) bond motifs is 1. The number of nitrogens with one attached hydrogen (secondary N) is 1. The highest BCUT2D eigenvalue weighted by atomic mass is 35.5. The fourth-order valence-electron chi connectivity index (χ4n) is 3.54. The predicted octanol–water partition coefficient (Wildman–Crippen LogP) is 4.13. The molecule has 3 rings (SSSR count). The number of benzene rings is 1. The van der Waals surface area contributed by atoms with Crippen LogP contribution < -0.4 is 10.3 Å². The van der Waals surface area contributed by atoms with Crippen molar-refractivity contribution >= 4 is 28.4 Å². The SMILES string of the molecule is CN(C(=O)CCCOc1ccc2[nH]c(=O)ccc2c1Cl)C1CCCCC1. The Balaban J connectivity index is 1.51. The van der Waals surface area contributed by atoms with Crippen molar-refractivity contribution in [2.24, 2.45) is 0 Å². The van der Waals surface area contributed by atoms with Crippen molar-refractivity contribution in [3.63, 3.8) is 0 Å². The van der Waals surface area contributed by atoms with Crippen LogP contribution in [0.1, 0.15) is 44.9 Å². The molecule has 26 heavy (non-hydrogen) atoms. The number of halogens is 1. The van der Waals surface area contributed by atoms with Crippen molar-refractivity contribution in [1.82, 2.24) is 9.88 Å². The van der Waals surface area contributed by atoms with Crippen LogP contribution in [-0.4, -0.2) is 35.5 Å². The molecule has 1 aromatic heterocycles. The van der Waals surface area contributed by atoms with E-state index in [-0.39, 0.29) is 11.5 Å². The van der Waals surface area contributed by atoms with Gasteiger partial charge in [-0.1, -0.05) is 30.9 Å². The second kappa shape index (κ2) is 8.58. The first-order valence-electron chi connectivity index (χ1n) is 9.26. The lowest BCUT2D eigenvalue weighted by molar-refractivity contribution is -0.132. The number of carbonyl (C=O) groups is 1. The van der Waals surface area contributed by atoms with Crippen LogP contribution in [0.2, 0.25) is 5.02 Å². The molecule has 1 N–H and O–H groups in total. The molecule has 1 aromatic carbocycles. The Morgan fingerprint density at radius 3 is 2.77 bits per heavy atom. The Morgan fingerprint density at radius 2 is 2.00 bits per heavy atom. The molecule has 1 aliphatic rings. The Bertz CT molecular complexity index is 827. The van der Waals surface area contributed by atoms with Crippen molar-refractivity contribution in [2.75, 3.05) is 13.7 Å². The van der Waals surface area contributed by atoms with Crippen molar-refractivity contribution in [3.05, 3.63) is 39.6 Å². The average Bonchev–Trinajstić information content (AvgIpc) is 2.66. The first-order valence-corrected chi connectivity index (χ1v) is 9.64. The van der Waals surface area contributed by atoms with Gasteiger partial charge < -0.3 is 14.6 Å². The molecular formula is C20H25ClN2O3. The van der Waals surface area contributed by atoms with E-state index in [1.54, 1.807) is 18.2 Å². The molecule has 0 bridgehead atoms. The van der Waals surface area contributed by atoms with Crippen LogP contribution >= 0.6 is 11.6 Å². The van der Waals surface area contributed by atoms with Crippen LogP contribution in [0.5, 0.6) is 5.75 Å². The molecule has 0 saturated heterocycles. The summed E-state index contributed by atoms with van der Waals surface area (Å²) in [7, 11) is 1.92. The summed E-state index contributed by atoms with van der Waals surface area (Å²) >= 11 is 6.37.